The van der Waals surface area contributed by atoms with Gasteiger partial charge in [0.05, 0.1) is 12.2 Å². The van der Waals surface area contributed by atoms with Gasteiger partial charge in [-0.05, 0) is 66.1 Å². The molecule has 0 amide bonds. The van der Waals surface area contributed by atoms with Crippen LogP contribution in [0.4, 0.5) is 0 Å². The molecular weight excluding hydrogens is 436 g/mol. The normalized spacial score (nSPS) is 11.4. The van der Waals surface area contributed by atoms with Crippen LogP contribution in [0.5, 0.6) is 0 Å². The van der Waals surface area contributed by atoms with E-state index in [9.17, 15) is 9.59 Å². The van der Waals surface area contributed by atoms with Crippen LogP contribution in [0.25, 0.3) is 21.5 Å². The van der Waals surface area contributed by atoms with E-state index in [2.05, 4.69) is 18.2 Å². The van der Waals surface area contributed by atoms with Gasteiger partial charge in [-0.3, -0.25) is 4.79 Å². The van der Waals surface area contributed by atoms with Gasteiger partial charge in [-0.2, -0.15) is 0 Å². The monoisotopic (exact) mass is 474 g/mol. The molecule has 0 aromatic heterocycles. The summed E-state index contributed by atoms with van der Waals surface area (Å²) in [6, 6.07) is 18.1. The van der Waals surface area contributed by atoms with Crippen molar-refractivity contribution < 1.29 is 19.4 Å². The fourth-order valence-electron chi connectivity index (χ4n) is 4.49. The molecule has 0 fully saturated rings. The Hall–Kier alpha value is -3.14. The number of allylic oxidation sites excluding steroid dienone is 2. The van der Waals surface area contributed by atoms with Crippen LogP contribution >= 0.6 is 0 Å². The third-order valence-electron chi connectivity index (χ3n) is 6.40. The van der Waals surface area contributed by atoms with E-state index in [0.29, 0.717) is 18.6 Å². The molecular formula is C31H38O4. The zero-order valence-electron chi connectivity index (χ0n) is 20.7. The highest BCUT2D eigenvalue weighted by atomic mass is 16.5. The van der Waals surface area contributed by atoms with Crippen molar-refractivity contribution in [1.29, 1.82) is 0 Å². The number of hydrogen-bond donors (Lipinski definition) is 1. The second kappa shape index (κ2) is 15.0. The number of fused-ring (bicyclic) bond motifs is 2. The van der Waals surface area contributed by atoms with E-state index in [4.69, 9.17) is 9.84 Å². The van der Waals surface area contributed by atoms with Crippen LogP contribution in [-0.4, -0.2) is 23.7 Å². The van der Waals surface area contributed by atoms with E-state index in [1.807, 2.05) is 48.5 Å². The lowest BCUT2D eigenvalue weighted by atomic mass is 9.97. The molecule has 0 spiro atoms. The predicted octanol–water partition coefficient (Wildman–Crippen LogP) is 8.47. The first-order chi connectivity index (χ1) is 17.2. The van der Waals surface area contributed by atoms with Gasteiger partial charge in [-0.25, -0.2) is 4.79 Å². The number of carboxylic acid groups (broad SMARTS) is 1. The third kappa shape index (κ3) is 8.86. The number of aliphatic carboxylic acids is 1. The maximum atomic E-state index is 13.0. The Balaban J connectivity index is 1.28. The average Bonchev–Trinajstić information content (AvgIpc) is 2.86. The molecule has 0 aliphatic carbocycles. The van der Waals surface area contributed by atoms with Crippen LogP contribution in [0.3, 0.4) is 0 Å². The maximum Gasteiger partial charge on any atom is 0.339 e. The summed E-state index contributed by atoms with van der Waals surface area (Å²) >= 11 is 0. The highest BCUT2D eigenvalue weighted by molar-refractivity contribution is 6.16. The summed E-state index contributed by atoms with van der Waals surface area (Å²) in [6.45, 7) is 0.457. The number of unbranched alkanes of at least 4 members (excludes halogenated alkanes) is 9. The molecule has 3 aromatic rings. The first-order valence-electron chi connectivity index (χ1n) is 13.1. The van der Waals surface area contributed by atoms with E-state index in [-0.39, 0.29) is 5.97 Å². The quantitative estimate of drug-likeness (QED) is 0.0978. The van der Waals surface area contributed by atoms with Gasteiger partial charge >= 0.3 is 11.9 Å². The Morgan fingerprint density at radius 1 is 0.686 bits per heavy atom. The third-order valence-corrected chi connectivity index (χ3v) is 6.40. The van der Waals surface area contributed by atoms with Gasteiger partial charge in [0.1, 0.15) is 0 Å². The second-order valence-corrected chi connectivity index (χ2v) is 9.20. The van der Waals surface area contributed by atoms with Gasteiger partial charge < -0.3 is 9.84 Å². The number of carbonyl (C=O) groups is 2. The topological polar surface area (TPSA) is 63.6 Å². The zero-order valence-corrected chi connectivity index (χ0v) is 20.7. The molecule has 0 radical (unpaired) electrons. The van der Waals surface area contributed by atoms with Crippen molar-refractivity contribution in [3.05, 3.63) is 72.3 Å². The standard InChI is InChI=1S/C31H38O4/c32-29(33)22-12-10-8-6-4-2-1-3-5-7-9-11-17-23-35-31(34)30-27-20-15-13-18-25(27)24-26-19-14-16-21-28(26)30/h1,3,13-16,18-21,24H,2,4-12,17,22-23H2,(H,32,33)/b3-1+. The maximum absolute atomic E-state index is 13.0. The zero-order chi connectivity index (χ0) is 24.7. The number of benzene rings is 3. The Labute approximate surface area is 209 Å². The van der Waals surface area contributed by atoms with Gasteiger partial charge in [-0.1, -0.05) is 92.8 Å². The molecule has 0 bridgehead atoms. The highest BCUT2D eigenvalue weighted by Gasteiger charge is 2.15. The van der Waals surface area contributed by atoms with Crippen molar-refractivity contribution in [2.45, 2.75) is 77.0 Å². The molecule has 0 aliphatic rings. The van der Waals surface area contributed by atoms with Gasteiger partial charge in [0.2, 0.25) is 0 Å². The van der Waals surface area contributed by atoms with E-state index >= 15 is 0 Å². The first-order valence-corrected chi connectivity index (χ1v) is 13.1. The molecule has 0 saturated carbocycles. The van der Waals surface area contributed by atoms with E-state index < -0.39 is 5.97 Å². The van der Waals surface area contributed by atoms with Crippen LogP contribution in [0.2, 0.25) is 0 Å². The number of ether oxygens (including phenoxy) is 1. The highest BCUT2D eigenvalue weighted by Crippen LogP contribution is 2.29. The van der Waals surface area contributed by atoms with Crippen molar-refractivity contribution in [3.8, 4) is 0 Å². The number of carboxylic acids is 1. The van der Waals surface area contributed by atoms with Crippen LogP contribution in [0, 0.1) is 0 Å². The Bertz CT molecular complexity index is 1060. The predicted molar refractivity (Wildman–Crippen MR) is 144 cm³/mol. The minimum absolute atomic E-state index is 0.234. The number of esters is 1. The van der Waals surface area contributed by atoms with Crippen molar-refractivity contribution in [2.75, 3.05) is 6.61 Å². The van der Waals surface area contributed by atoms with Crippen LogP contribution < -0.4 is 0 Å². The number of carbonyl (C=O) groups excluding carboxylic acids is 1. The van der Waals surface area contributed by atoms with Crippen molar-refractivity contribution in [1.82, 2.24) is 0 Å². The van der Waals surface area contributed by atoms with Crippen LogP contribution in [-0.2, 0) is 9.53 Å². The van der Waals surface area contributed by atoms with E-state index in [0.717, 1.165) is 79.3 Å². The van der Waals surface area contributed by atoms with Crippen molar-refractivity contribution >= 4 is 33.5 Å². The minimum Gasteiger partial charge on any atom is -0.481 e. The lowest BCUT2D eigenvalue weighted by molar-refractivity contribution is -0.137. The molecule has 4 nitrogen and oxygen atoms in total. The summed E-state index contributed by atoms with van der Waals surface area (Å²) in [6.07, 6.45) is 16.6. The average molecular weight is 475 g/mol. The van der Waals surface area contributed by atoms with E-state index in [1.54, 1.807) is 0 Å². The SMILES string of the molecule is O=C(O)CCCCCCC/C=C/CCCCCCOC(=O)c1c2ccccc2cc2ccccc12. The fourth-order valence-corrected chi connectivity index (χ4v) is 4.49. The van der Waals surface area contributed by atoms with Crippen molar-refractivity contribution in [2.24, 2.45) is 0 Å². The Kier molecular flexibility index (Phi) is 11.3. The van der Waals surface area contributed by atoms with E-state index in [1.165, 1.54) is 12.8 Å². The molecule has 0 unspecified atom stereocenters. The summed E-state index contributed by atoms with van der Waals surface area (Å²) < 4.78 is 5.68. The molecule has 0 saturated heterocycles. The molecule has 0 atom stereocenters. The number of hydrogen-bond acceptors (Lipinski definition) is 3. The smallest absolute Gasteiger partial charge is 0.339 e. The molecule has 1 N–H and O–H groups in total. The molecule has 3 rings (SSSR count). The lowest BCUT2D eigenvalue weighted by Crippen LogP contribution is -2.08. The lowest BCUT2D eigenvalue weighted by Gasteiger charge is -2.11. The van der Waals surface area contributed by atoms with Crippen LogP contribution in [0.1, 0.15) is 87.4 Å². The summed E-state index contributed by atoms with van der Waals surface area (Å²) in [4.78, 5) is 23.4. The van der Waals surface area contributed by atoms with Gasteiger partial charge in [0, 0.05) is 6.42 Å². The van der Waals surface area contributed by atoms with Gasteiger partial charge in [0.15, 0.2) is 0 Å². The second-order valence-electron chi connectivity index (χ2n) is 9.20. The molecule has 3 aromatic carbocycles. The summed E-state index contributed by atoms with van der Waals surface area (Å²) in [5.41, 5.74) is 0.670. The number of rotatable bonds is 16. The summed E-state index contributed by atoms with van der Waals surface area (Å²) in [7, 11) is 0. The first kappa shape index (κ1) is 26.5. The van der Waals surface area contributed by atoms with Crippen molar-refractivity contribution in [3.63, 3.8) is 0 Å². The molecule has 186 valence electrons. The molecule has 0 aliphatic heterocycles. The van der Waals surface area contributed by atoms with Crippen LogP contribution in [0.15, 0.2) is 66.7 Å². The molecule has 35 heavy (non-hydrogen) atoms. The minimum atomic E-state index is -0.691. The molecule has 4 heteroatoms. The summed E-state index contributed by atoms with van der Waals surface area (Å²) in [5.74, 6) is -0.925. The Morgan fingerprint density at radius 2 is 1.20 bits per heavy atom. The molecule has 0 heterocycles. The largest absolute Gasteiger partial charge is 0.481 e. The Morgan fingerprint density at radius 3 is 1.80 bits per heavy atom. The summed E-state index contributed by atoms with van der Waals surface area (Å²) in [5, 5.41) is 12.6. The van der Waals surface area contributed by atoms with Gasteiger partial charge in [0.25, 0.3) is 0 Å². The fraction of sp³-hybridized carbons (Fsp3) is 0.419. The van der Waals surface area contributed by atoms with Gasteiger partial charge in [-0.15, -0.1) is 0 Å².